The van der Waals surface area contributed by atoms with Gasteiger partial charge >= 0.3 is 0 Å². The third-order valence-corrected chi connectivity index (χ3v) is 9.32. The van der Waals surface area contributed by atoms with Crippen LogP contribution in [0.3, 0.4) is 0 Å². The summed E-state index contributed by atoms with van der Waals surface area (Å²) in [6.45, 7) is 1.04. The molecule has 1 unspecified atom stereocenters. The Hall–Kier alpha value is -1.55. The molecule has 2 aliphatic carbocycles. The molecule has 4 atom stereocenters. The Kier molecular flexibility index (Phi) is 7.59. The van der Waals surface area contributed by atoms with Crippen molar-refractivity contribution in [2.75, 3.05) is 6.54 Å². The number of fused-ring (bicyclic) bond motifs is 2. The summed E-state index contributed by atoms with van der Waals surface area (Å²) in [5, 5.41) is 13.5. The fraction of sp³-hybridized carbons (Fsp3) is 0.759. The van der Waals surface area contributed by atoms with E-state index in [4.69, 9.17) is 0 Å². The Labute approximate surface area is 200 Å². The van der Waals surface area contributed by atoms with Gasteiger partial charge in [-0.3, -0.25) is 9.69 Å². The fourth-order valence-electron chi connectivity index (χ4n) is 7.57. The standard InChI is InChI=1S/C29H44N2O2/c32-28-13-7-12-23(19-28)24-17-26-14-15-27(18-24)31(26)20-25(16-21-8-3-1-4-9-21)30-29(33)22-10-5-2-6-11-22/h7,12-13,19,21-22,24-27,32H,1-6,8-11,14-18,20H2,(H,30,33)/t24-,25?,26+,27-. The van der Waals surface area contributed by atoms with Gasteiger partial charge < -0.3 is 10.4 Å². The highest BCUT2D eigenvalue weighted by Gasteiger charge is 2.42. The molecular formula is C29H44N2O2. The van der Waals surface area contributed by atoms with Gasteiger partial charge in [0.15, 0.2) is 0 Å². The maximum absolute atomic E-state index is 13.2. The summed E-state index contributed by atoms with van der Waals surface area (Å²) in [6, 6.07) is 9.47. The Morgan fingerprint density at radius 1 is 0.939 bits per heavy atom. The van der Waals surface area contributed by atoms with Crippen molar-refractivity contribution in [3.05, 3.63) is 29.8 Å². The van der Waals surface area contributed by atoms with Crippen LogP contribution < -0.4 is 5.32 Å². The molecule has 0 spiro atoms. The van der Waals surface area contributed by atoms with E-state index in [9.17, 15) is 9.90 Å². The van der Waals surface area contributed by atoms with Crippen molar-refractivity contribution in [1.29, 1.82) is 0 Å². The summed E-state index contributed by atoms with van der Waals surface area (Å²) >= 11 is 0. The van der Waals surface area contributed by atoms with Crippen molar-refractivity contribution >= 4 is 5.91 Å². The fourth-order valence-corrected chi connectivity index (χ4v) is 7.57. The van der Waals surface area contributed by atoms with Gasteiger partial charge in [-0.2, -0.15) is 0 Å². The quantitative estimate of drug-likeness (QED) is 0.522. The number of rotatable bonds is 7. The molecule has 2 bridgehead atoms. The molecule has 2 N–H and O–H groups in total. The molecule has 2 saturated carbocycles. The lowest BCUT2D eigenvalue weighted by atomic mass is 9.82. The molecule has 33 heavy (non-hydrogen) atoms. The minimum atomic E-state index is 0.251. The Bertz CT molecular complexity index is 770. The number of aromatic hydroxyl groups is 1. The number of hydrogen-bond acceptors (Lipinski definition) is 3. The average molecular weight is 453 g/mol. The molecule has 0 radical (unpaired) electrons. The van der Waals surface area contributed by atoms with Crippen LogP contribution in [-0.4, -0.2) is 40.6 Å². The van der Waals surface area contributed by atoms with Gasteiger partial charge in [-0.25, -0.2) is 0 Å². The summed E-state index contributed by atoms with van der Waals surface area (Å²) in [7, 11) is 0. The predicted octanol–water partition coefficient (Wildman–Crippen LogP) is 6.14. The molecule has 2 saturated heterocycles. The van der Waals surface area contributed by atoms with Crippen molar-refractivity contribution in [1.82, 2.24) is 10.2 Å². The molecule has 0 aromatic heterocycles. The van der Waals surface area contributed by atoms with Crippen LogP contribution in [0.1, 0.15) is 108 Å². The second-order valence-corrected chi connectivity index (χ2v) is 11.6. The van der Waals surface area contributed by atoms with Crippen LogP contribution in [0, 0.1) is 11.8 Å². The van der Waals surface area contributed by atoms with E-state index in [0.717, 1.165) is 25.3 Å². The summed E-state index contributed by atoms with van der Waals surface area (Å²) in [5.74, 6) is 2.33. The topological polar surface area (TPSA) is 52.6 Å². The van der Waals surface area contributed by atoms with Crippen molar-refractivity contribution in [2.24, 2.45) is 11.8 Å². The number of hydrogen-bond donors (Lipinski definition) is 2. The first-order valence-electron chi connectivity index (χ1n) is 14.0. The van der Waals surface area contributed by atoms with E-state index < -0.39 is 0 Å². The van der Waals surface area contributed by atoms with Crippen molar-refractivity contribution in [3.63, 3.8) is 0 Å². The summed E-state index contributed by atoms with van der Waals surface area (Å²) < 4.78 is 0. The molecule has 4 heteroatoms. The van der Waals surface area contributed by atoms with Crippen LogP contribution in [0.4, 0.5) is 0 Å². The van der Waals surface area contributed by atoms with Gasteiger partial charge in [0.2, 0.25) is 5.91 Å². The van der Waals surface area contributed by atoms with E-state index in [1.54, 1.807) is 6.07 Å². The maximum Gasteiger partial charge on any atom is 0.223 e. The van der Waals surface area contributed by atoms with Gasteiger partial charge in [0.1, 0.15) is 5.75 Å². The minimum Gasteiger partial charge on any atom is -0.508 e. The van der Waals surface area contributed by atoms with E-state index in [1.807, 2.05) is 12.1 Å². The largest absolute Gasteiger partial charge is 0.508 e. The van der Waals surface area contributed by atoms with Crippen LogP contribution >= 0.6 is 0 Å². The monoisotopic (exact) mass is 452 g/mol. The zero-order valence-electron chi connectivity index (χ0n) is 20.4. The van der Waals surface area contributed by atoms with E-state index >= 15 is 0 Å². The number of nitrogens with one attached hydrogen (secondary N) is 1. The minimum absolute atomic E-state index is 0.251. The number of piperidine rings is 1. The normalized spacial score (nSPS) is 30.2. The molecule has 4 aliphatic rings. The van der Waals surface area contributed by atoms with E-state index in [1.165, 1.54) is 89.0 Å². The second-order valence-electron chi connectivity index (χ2n) is 11.6. The molecule has 1 aromatic rings. The van der Waals surface area contributed by atoms with E-state index in [-0.39, 0.29) is 5.92 Å². The number of carbonyl (C=O) groups excluding carboxylic acids is 1. The highest BCUT2D eigenvalue weighted by atomic mass is 16.3. The smallest absolute Gasteiger partial charge is 0.223 e. The highest BCUT2D eigenvalue weighted by Crippen LogP contribution is 2.44. The van der Waals surface area contributed by atoms with Crippen LogP contribution in [0.5, 0.6) is 5.75 Å². The molecule has 182 valence electrons. The first kappa shape index (κ1) is 23.2. The number of amides is 1. The molecule has 5 rings (SSSR count). The van der Waals surface area contributed by atoms with Crippen molar-refractivity contribution < 1.29 is 9.90 Å². The third-order valence-electron chi connectivity index (χ3n) is 9.32. The number of nitrogens with zero attached hydrogens (tertiary/aromatic N) is 1. The zero-order chi connectivity index (χ0) is 22.6. The van der Waals surface area contributed by atoms with E-state index in [0.29, 0.717) is 35.7 Å². The average Bonchev–Trinajstić information content (AvgIpc) is 3.06. The predicted molar refractivity (Wildman–Crippen MR) is 133 cm³/mol. The third kappa shape index (κ3) is 5.75. The number of phenolic OH excluding ortho intramolecular Hbond substituents is 1. The van der Waals surface area contributed by atoms with E-state index in [2.05, 4.69) is 16.3 Å². The first-order chi connectivity index (χ1) is 16.2. The lowest BCUT2D eigenvalue weighted by Crippen LogP contribution is -2.52. The van der Waals surface area contributed by atoms with Gasteiger partial charge in [-0.05, 0) is 74.5 Å². The van der Waals surface area contributed by atoms with Crippen LogP contribution in [0.15, 0.2) is 24.3 Å². The van der Waals surface area contributed by atoms with Gasteiger partial charge in [0.05, 0.1) is 0 Å². The Morgan fingerprint density at radius 2 is 1.61 bits per heavy atom. The first-order valence-corrected chi connectivity index (χ1v) is 14.0. The maximum atomic E-state index is 13.2. The number of phenols is 1. The van der Waals surface area contributed by atoms with Crippen molar-refractivity contribution in [3.8, 4) is 5.75 Å². The van der Waals surface area contributed by atoms with Crippen LogP contribution in [-0.2, 0) is 4.79 Å². The molecule has 4 fully saturated rings. The Morgan fingerprint density at radius 3 is 2.27 bits per heavy atom. The summed E-state index contributed by atoms with van der Waals surface area (Å²) in [5.41, 5.74) is 1.30. The van der Waals surface area contributed by atoms with Gasteiger partial charge in [-0.1, -0.05) is 63.5 Å². The molecular weight excluding hydrogens is 408 g/mol. The SMILES string of the molecule is O=C(NC(CC1CCCCC1)CN1[C@@H]2CC[C@H]1C[C@@H](c1cccc(O)c1)C2)C1CCCCC1. The lowest BCUT2D eigenvalue weighted by molar-refractivity contribution is -0.127. The van der Waals surface area contributed by atoms with Gasteiger partial charge in [0.25, 0.3) is 0 Å². The number of benzene rings is 1. The lowest BCUT2D eigenvalue weighted by Gasteiger charge is -2.42. The molecule has 1 amide bonds. The zero-order valence-corrected chi connectivity index (χ0v) is 20.4. The number of carbonyl (C=O) groups is 1. The highest BCUT2D eigenvalue weighted by molar-refractivity contribution is 5.79. The molecule has 2 aliphatic heterocycles. The molecule has 4 nitrogen and oxygen atoms in total. The van der Waals surface area contributed by atoms with Crippen molar-refractivity contribution in [2.45, 2.75) is 120 Å². The molecule has 2 heterocycles. The van der Waals surface area contributed by atoms with Crippen LogP contribution in [0.25, 0.3) is 0 Å². The Balaban J connectivity index is 1.24. The van der Waals surface area contributed by atoms with Gasteiger partial charge in [0, 0.05) is 30.6 Å². The van der Waals surface area contributed by atoms with Gasteiger partial charge in [-0.15, -0.1) is 0 Å². The summed E-state index contributed by atoms with van der Waals surface area (Å²) in [6.07, 6.45) is 18.9. The molecule has 1 aromatic carbocycles. The van der Waals surface area contributed by atoms with Crippen LogP contribution in [0.2, 0.25) is 0 Å². The summed E-state index contributed by atoms with van der Waals surface area (Å²) in [4.78, 5) is 16.0. The second kappa shape index (κ2) is 10.8.